The van der Waals surface area contributed by atoms with Crippen molar-refractivity contribution >= 4 is 44.8 Å². The summed E-state index contributed by atoms with van der Waals surface area (Å²) in [7, 11) is -3.51. The third-order valence-corrected chi connectivity index (χ3v) is 5.85. The quantitative estimate of drug-likeness (QED) is 0.742. The molecule has 2 aromatic carbocycles. The zero-order chi connectivity index (χ0) is 21.2. The van der Waals surface area contributed by atoms with Crippen LogP contribution in [-0.4, -0.2) is 56.6 Å². The van der Waals surface area contributed by atoms with E-state index in [1.165, 1.54) is 24.3 Å². The van der Waals surface area contributed by atoms with Crippen molar-refractivity contribution in [1.82, 2.24) is 9.80 Å². The molecule has 0 radical (unpaired) electrons. The molecule has 0 aromatic heterocycles. The number of hydrogen-bond acceptors (Lipinski definition) is 4. The molecule has 0 saturated carbocycles. The van der Waals surface area contributed by atoms with Crippen molar-refractivity contribution < 1.29 is 17.6 Å². The van der Waals surface area contributed by atoms with E-state index in [2.05, 4.69) is 9.62 Å². The van der Waals surface area contributed by atoms with Gasteiger partial charge >= 0.3 is 0 Å². The summed E-state index contributed by atoms with van der Waals surface area (Å²) in [6, 6.07) is 8.84. The SMILES string of the molecule is CS(=O)(=O)Nc1cc(C(=O)N2CCN(Cc3ccc(F)cc3Cl)CC2)ccc1Cl. The highest BCUT2D eigenvalue weighted by Crippen LogP contribution is 2.25. The number of piperazine rings is 1. The normalized spacial score (nSPS) is 15.4. The standard InChI is InChI=1S/C19H20Cl2FN3O3S/c1-29(27,28)23-18-10-13(3-5-16(18)20)19(26)25-8-6-24(7-9-25)12-14-2-4-15(22)11-17(14)21/h2-5,10-11,23H,6-9,12H2,1H3. The number of nitrogens with one attached hydrogen (secondary N) is 1. The van der Waals surface area contributed by atoms with Gasteiger partial charge in [-0.2, -0.15) is 0 Å². The van der Waals surface area contributed by atoms with Gasteiger partial charge in [-0.15, -0.1) is 0 Å². The molecule has 0 spiro atoms. The molecule has 0 unspecified atom stereocenters. The van der Waals surface area contributed by atoms with Crippen molar-refractivity contribution in [3.63, 3.8) is 0 Å². The van der Waals surface area contributed by atoms with Gasteiger partial charge in [-0.3, -0.25) is 14.4 Å². The fourth-order valence-corrected chi connectivity index (χ4v) is 4.13. The van der Waals surface area contributed by atoms with E-state index < -0.39 is 10.0 Å². The minimum atomic E-state index is -3.51. The van der Waals surface area contributed by atoms with Crippen LogP contribution < -0.4 is 4.72 Å². The predicted molar refractivity (Wildman–Crippen MR) is 113 cm³/mol. The van der Waals surface area contributed by atoms with Crippen molar-refractivity contribution in [2.24, 2.45) is 0 Å². The van der Waals surface area contributed by atoms with Crippen LogP contribution in [0, 0.1) is 5.82 Å². The minimum Gasteiger partial charge on any atom is -0.336 e. The molecule has 156 valence electrons. The first-order valence-electron chi connectivity index (χ1n) is 8.85. The maximum absolute atomic E-state index is 13.2. The van der Waals surface area contributed by atoms with Gasteiger partial charge in [0.05, 0.1) is 17.0 Å². The average Bonchev–Trinajstić information content (AvgIpc) is 2.65. The number of carbonyl (C=O) groups excluding carboxylic acids is 1. The van der Waals surface area contributed by atoms with Crippen LogP contribution in [0.15, 0.2) is 36.4 Å². The molecular formula is C19H20Cl2FN3O3S. The van der Waals surface area contributed by atoms with Gasteiger partial charge in [0.2, 0.25) is 10.0 Å². The number of rotatable bonds is 5. The fourth-order valence-electron chi connectivity index (χ4n) is 3.12. The molecule has 0 aliphatic carbocycles. The Morgan fingerprint density at radius 3 is 2.38 bits per heavy atom. The fraction of sp³-hybridized carbons (Fsp3) is 0.316. The molecule has 1 heterocycles. The number of benzene rings is 2. The monoisotopic (exact) mass is 459 g/mol. The highest BCUT2D eigenvalue weighted by Gasteiger charge is 2.23. The third-order valence-electron chi connectivity index (χ3n) is 4.58. The lowest BCUT2D eigenvalue weighted by Gasteiger charge is -2.35. The average molecular weight is 460 g/mol. The molecule has 1 aliphatic heterocycles. The van der Waals surface area contributed by atoms with Crippen molar-refractivity contribution in [2.45, 2.75) is 6.54 Å². The maximum Gasteiger partial charge on any atom is 0.254 e. The highest BCUT2D eigenvalue weighted by atomic mass is 35.5. The lowest BCUT2D eigenvalue weighted by molar-refractivity contribution is 0.0628. The number of sulfonamides is 1. The second-order valence-electron chi connectivity index (χ2n) is 6.87. The predicted octanol–water partition coefficient (Wildman–Crippen LogP) is 3.46. The van der Waals surface area contributed by atoms with E-state index in [0.717, 1.165) is 11.8 Å². The van der Waals surface area contributed by atoms with Gasteiger partial charge in [0, 0.05) is 43.3 Å². The van der Waals surface area contributed by atoms with E-state index in [1.807, 2.05) is 0 Å². The number of hydrogen-bond donors (Lipinski definition) is 1. The smallest absolute Gasteiger partial charge is 0.254 e. The van der Waals surface area contributed by atoms with E-state index in [-0.39, 0.29) is 22.4 Å². The Hall–Kier alpha value is -1.87. The molecule has 0 atom stereocenters. The second-order valence-corrected chi connectivity index (χ2v) is 9.44. The van der Waals surface area contributed by atoms with Gasteiger partial charge in [0.1, 0.15) is 5.82 Å². The highest BCUT2D eigenvalue weighted by molar-refractivity contribution is 7.92. The van der Waals surface area contributed by atoms with Crippen LogP contribution in [0.4, 0.5) is 10.1 Å². The van der Waals surface area contributed by atoms with Gasteiger partial charge < -0.3 is 4.90 Å². The van der Waals surface area contributed by atoms with Gasteiger partial charge in [0.15, 0.2) is 0 Å². The summed E-state index contributed by atoms with van der Waals surface area (Å²) in [5.74, 6) is -0.570. The molecular weight excluding hydrogens is 440 g/mol. The number of amides is 1. The number of halogens is 3. The Morgan fingerprint density at radius 2 is 1.76 bits per heavy atom. The van der Waals surface area contributed by atoms with E-state index in [0.29, 0.717) is 43.3 Å². The third kappa shape index (κ3) is 5.82. The van der Waals surface area contributed by atoms with Crippen LogP contribution in [0.3, 0.4) is 0 Å². The molecule has 1 aliphatic rings. The number of anilines is 1. The largest absolute Gasteiger partial charge is 0.336 e. The molecule has 3 rings (SSSR count). The molecule has 1 saturated heterocycles. The topological polar surface area (TPSA) is 69.7 Å². The summed E-state index contributed by atoms with van der Waals surface area (Å²) >= 11 is 12.1. The molecule has 2 aromatic rings. The summed E-state index contributed by atoms with van der Waals surface area (Å²) in [5, 5.41) is 0.601. The molecule has 29 heavy (non-hydrogen) atoms. The van der Waals surface area contributed by atoms with Gasteiger partial charge in [-0.05, 0) is 35.9 Å². The maximum atomic E-state index is 13.2. The van der Waals surface area contributed by atoms with Gasteiger partial charge in [-0.1, -0.05) is 29.3 Å². The Balaban J connectivity index is 1.63. The van der Waals surface area contributed by atoms with Crippen molar-refractivity contribution in [2.75, 3.05) is 37.2 Å². The van der Waals surface area contributed by atoms with Crippen molar-refractivity contribution in [1.29, 1.82) is 0 Å². The Labute approximate surface area is 179 Å². The molecule has 1 amide bonds. The van der Waals surface area contributed by atoms with Crippen LogP contribution >= 0.6 is 23.2 Å². The second kappa shape index (κ2) is 8.87. The Morgan fingerprint density at radius 1 is 1.07 bits per heavy atom. The van der Waals surface area contributed by atoms with E-state index >= 15 is 0 Å². The molecule has 1 N–H and O–H groups in total. The summed E-state index contributed by atoms with van der Waals surface area (Å²) < 4.78 is 38.4. The first-order chi connectivity index (χ1) is 13.6. The zero-order valence-corrected chi connectivity index (χ0v) is 18.0. The number of carbonyl (C=O) groups is 1. The molecule has 6 nitrogen and oxygen atoms in total. The van der Waals surface area contributed by atoms with Gasteiger partial charge in [-0.25, -0.2) is 12.8 Å². The van der Waals surface area contributed by atoms with Gasteiger partial charge in [0.25, 0.3) is 5.91 Å². The lowest BCUT2D eigenvalue weighted by Crippen LogP contribution is -2.48. The lowest BCUT2D eigenvalue weighted by atomic mass is 10.1. The zero-order valence-electron chi connectivity index (χ0n) is 15.7. The molecule has 1 fully saturated rings. The van der Waals surface area contributed by atoms with E-state index in [1.54, 1.807) is 17.0 Å². The van der Waals surface area contributed by atoms with E-state index in [9.17, 15) is 17.6 Å². The van der Waals surface area contributed by atoms with Crippen molar-refractivity contribution in [3.8, 4) is 0 Å². The Kier molecular flexibility index (Phi) is 6.68. The van der Waals surface area contributed by atoms with Crippen LogP contribution in [0.25, 0.3) is 0 Å². The van der Waals surface area contributed by atoms with E-state index in [4.69, 9.17) is 23.2 Å². The summed E-state index contributed by atoms with van der Waals surface area (Å²) in [6.45, 7) is 2.87. The van der Waals surface area contributed by atoms with Crippen LogP contribution in [0.5, 0.6) is 0 Å². The summed E-state index contributed by atoms with van der Waals surface area (Å²) in [5.41, 5.74) is 1.36. The summed E-state index contributed by atoms with van der Waals surface area (Å²) in [6.07, 6.45) is 1.02. The van der Waals surface area contributed by atoms with Crippen LogP contribution in [0.2, 0.25) is 10.0 Å². The minimum absolute atomic E-state index is 0.171. The Bertz CT molecular complexity index is 1030. The summed E-state index contributed by atoms with van der Waals surface area (Å²) in [4.78, 5) is 16.7. The first kappa shape index (κ1) is 21.8. The van der Waals surface area contributed by atoms with Crippen LogP contribution in [-0.2, 0) is 16.6 Å². The van der Waals surface area contributed by atoms with Crippen LogP contribution in [0.1, 0.15) is 15.9 Å². The first-order valence-corrected chi connectivity index (χ1v) is 11.5. The number of nitrogens with zero attached hydrogens (tertiary/aromatic N) is 2. The van der Waals surface area contributed by atoms with Crippen molar-refractivity contribution in [3.05, 3.63) is 63.4 Å². The molecule has 0 bridgehead atoms. The molecule has 10 heteroatoms.